The van der Waals surface area contributed by atoms with E-state index in [1.165, 1.54) is 17.6 Å². The van der Waals surface area contributed by atoms with Crippen LogP contribution in [0.1, 0.15) is 22.6 Å². The molecule has 3 aromatic heterocycles. The first-order valence-electron chi connectivity index (χ1n) is 10.3. The molecule has 0 bridgehead atoms. The van der Waals surface area contributed by atoms with Gasteiger partial charge in [-0.25, -0.2) is 14.3 Å². The number of amides is 1. The second-order valence-corrected chi connectivity index (χ2v) is 7.52. The van der Waals surface area contributed by atoms with E-state index in [9.17, 15) is 31.1 Å². The van der Waals surface area contributed by atoms with Gasteiger partial charge in [-0.05, 0) is 25.1 Å². The fourth-order valence-corrected chi connectivity index (χ4v) is 3.23. The number of alkyl halides is 6. The Labute approximate surface area is 198 Å². The molecule has 17 heteroatoms. The van der Waals surface area contributed by atoms with Crippen LogP contribution in [0.15, 0.2) is 24.5 Å². The highest BCUT2D eigenvalue weighted by Gasteiger charge is 2.38. The van der Waals surface area contributed by atoms with Crippen LogP contribution in [0.4, 0.5) is 38.0 Å². The number of halogens is 6. The Kier molecular flexibility index (Phi) is 7.71. The van der Waals surface area contributed by atoms with Crippen LogP contribution in [0.25, 0.3) is 5.52 Å². The molecule has 3 aromatic rings. The summed E-state index contributed by atoms with van der Waals surface area (Å²) in [7, 11) is 1.35. The summed E-state index contributed by atoms with van der Waals surface area (Å²) in [5, 5.41) is 20.5. The van der Waals surface area contributed by atoms with Crippen molar-refractivity contribution in [3.8, 4) is 0 Å². The van der Waals surface area contributed by atoms with Gasteiger partial charge < -0.3 is 20.6 Å². The molecule has 4 heterocycles. The van der Waals surface area contributed by atoms with Gasteiger partial charge in [0.2, 0.25) is 5.95 Å². The van der Waals surface area contributed by atoms with Crippen LogP contribution in [-0.4, -0.2) is 73.7 Å². The Morgan fingerprint density at radius 3 is 2.42 bits per heavy atom. The van der Waals surface area contributed by atoms with Gasteiger partial charge in [0.05, 0.1) is 17.4 Å². The lowest BCUT2D eigenvalue weighted by atomic mass is 10.3. The number of carbonyl (C=O) groups excluding carboxylic acids is 1. The van der Waals surface area contributed by atoms with Crippen LogP contribution in [0.5, 0.6) is 0 Å². The topological polar surface area (TPSA) is 130 Å². The molecule has 0 spiro atoms. The largest absolute Gasteiger partial charge is 0.490 e. The zero-order valence-electron chi connectivity index (χ0n) is 18.6. The summed E-state index contributed by atoms with van der Waals surface area (Å²) in [5.74, 6) is -3.01. The number of aromatic nitrogens is 5. The zero-order valence-corrected chi connectivity index (χ0v) is 18.6. The van der Waals surface area contributed by atoms with Crippen LogP contribution in [0, 0.1) is 0 Å². The van der Waals surface area contributed by atoms with Gasteiger partial charge >= 0.3 is 18.3 Å². The molecule has 1 saturated heterocycles. The molecule has 11 nitrogen and oxygen atoms in total. The molecule has 4 rings (SSSR count). The molecule has 36 heavy (non-hydrogen) atoms. The average Bonchev–Trinajstić information content (AvgIpc) is 3.25. The third-order valence-corrected chi connectivity index (χ3v) is 4.83. The first-order valence-corrected chi connectivity index (χ1v) is 10.3. The Morgan fingerprint density at radius 2 is 1.78 bits per heavy atom. The van der Waals surface area contributed by atoms with Gasteiger partial charge in [0.15, 0.2) is 5.69 Å². The summed E-state index contributed by atoms with van der Waals surface area (Å²) in [4.78, 5) is 28.0. The normalized spacial score (nSPS) is 14.7. The van der Waals surface area contributed by atoms with E-state index in [0.29, 0.717) is 11.5 Å². The van der Waals surface area contributed by atoms with Crippen molar-refractivity contribution in [1.82, 2.24) is 29.7 Å². The number of rotatable bonds is 3. The van der Waals surface area contributed by atoms with Crippen molar-refractivity contribution < 1.29 is 41.0 Å². The summed E-state index contributed by atoms with van der Waals surface area (Å²) in [5.41, 5.74) is -0.892. The molecule has 0 radical (unpaired) electrons. The van der Waals surface area contributed by atoms with Crippen LogP contribution >= 0.6 is 0 Å². The maximum atomic E-state index is 13.1. The molecular weight excluding hydrogens is 502 g/mol. The van der Waals surface area contributed by atoms with E-state index in [0.717, 1.165) is 43.5 Å². The third-order valence-electron chi connectivity index (χ3n) is 4.83. The molecule has 0 unspecified atom stereocenters. The molecular formula is C19H20F6N8O3. The number of hydrogen-bond donors (Lipinski definition) is 3. The summed E-state index contributed by atoms with van der Waals surface area (Å²) < 4.78 is 73.5. The minimum absolute atomic E-state index is 0.105. The highest BCUT2D eigenvalue weighted by Crippen LogP contribution is 2.33. The molecule has 1 fully saturated rings. The molecule has 196 valence electrons. The van der Waals surface area contributed by atoms with E-state index in [-0.39, 0.29) is 5.69 Å². The van der Waals surface area contributed by atoms with Gasteiger partial charge in [-0.2, -0.15) is 31.4 Å². The van der Waals surface area contributed by atoms with Crippen molar-refractivity contribution in [2.45, 2.75) is 18.8 Å². The van der Waals surface area contributed by atoms with Crippen molar-refractivity contribution in [1.29, 1.82) is 0 Å². The molecule has 0 atom stereocenters. The molecule has 0 saturated carbocycles. The number of carboxylic acids is 1. The summed E-state index contributed by atoms with van der Waals surface area (Å²) in [6, 6.07) is 3.13. The number of carboxylic acid groups (broad SMARTS) is 1. The number of nitrogens with zero attached hydrogens (tertiary/aromatic N) is 6. The molecule has 1 aliphatic heterocycles. The number of anilines is 2. The molecule has 1 amide bonds. The smallest absolute Gasteiger partial charge is 0.475 e. The SMILES string of the molecule is Cn1cc(NC(=O)c2ccc3cnc(N4CCCNCC4)nn23)c(C(F)(F)F)n1.O=C(O)C(F)(F)F. The number of carbonyl (C=O) groups is 2. The van der Waals surface area contributed by atoms with E-state index in [4.69, 9.17) is 9.90 Å². The number of aliphatic carboxylic acids is 1. The van der Waals surface area contributed by atoms with Gasteiger partial charge in [-0.1, -0.05) is 0 Å². The average molecular weight is 522 g/mol. The van der Waals surface area contributed by atoms with Crippen LogP contribution in [0.3, 0.4) is 0 Å². The molecule has 1 aliphatic rings. The summed E-state index contributed by atoms with van der Waals surface area (Å²) in [6.07, 6.45) is -6.13. The zero-order chi connectivity index (χ0) is 26.7. The first kappa shape index (κ1) is 26.7. The molecule has 0 aliphatic carbocycles. The third kappa shape index (κ3) is 6.41. The Morgan fingerprint density at radius 1 is 1.08 bits per heavy atom. The maximum Gasteiger partial charge on any atom is 0.490 e. The van der Waals surface area contributed by atoms with E-state index in [2.05, 4.69) is 25.8 Å². The first-order chi connectivity index (χ1) is 16.8. The van der Waals surface area contributed by atoms with Crippen molar-refractivity contribution in [3.05, 3.63) is 35.9 Å². The van der Waals surface area contributed by atoms with E-state index >= 15 is 0 Å². The number of aryl methyl sites for hydroxylation is 1. The second-order valence-electron chi connectivity index (χ2n) is 7.52. The predicted octanol–water partition coefficient (Wildman–Crippen LogP) is 2.17. The van der Waals surface area contributed by atoms with E-state index < -0.39 is 35.6 Å². The quantitative estimate of drug-likeness (QED) is 0.447. The van der Waals surface area contributed by atoms with Crippen LogP contribution in [0.2, 0.25) is 0 Å². The highest BCUT2D eigenvalue weighted by molar-refractivity contribution is 6.04. The fourth-order valence-electron chi connectivity index (χ4n) is 3.23. The lowest BCUT2D eigenvalue weighted by molar-refractivity contribution is -0.192. The van der Waals surface area contributed by atoms with Gasteiger partial charge in [0, 0.05) is 32.9 Å². The molecule has 3 N–H and O–H groups in total. The van der Waals surface area contributed by atoms with Crippen molar-refractivity contribution >= 4 is 29.0 Å². The minimum Gasteiger partial charge on any atom is -0.475 e. The number of fused-ring (bicyclic) bond motifs is 1. The van der Waals surface area contributed by atoms with Gasteiger partial charge in [0.1, 0.15) is 5.69 Å². The lowest BCUT2D eigenvalue weighted by Crippen LogP contribution is -2.30. The van der Waals surface area contributed by atoms with Crippen molar-refractivity contribution in [3.63, 3.8) is 0 Å². The van der Waals surface area contributed by atoms with E-state index in [1.54, 1.807) is 12.3 Å². The highest BCUT2D eigenvalue weighted by atomic mass is 19.4. The number of nitrogens with one attached hydrogen (secondary N) is 2. The Hall–Kier alpha value is -3.89. The monoisotopic (exact) mass is 522 g/mol. The Bertz CT molecular complexity index is 1230. The Balaban J connectivity index is 0.000000454. The summed E-state index contributed by atoms with van der Waals surface area (Å²) in [6.45, 7) is 3.19. The predicted molar refractivity (Wildman–Crippen MR) is 113 cm³/mol. The lowest BCUT2D eigenvalue weighted by Gasteiger charge is -2.19. The van der Waals surface area contributed by atoms with Crippen molar-refractivity contribution in [2.75, 3.05) is 36.4 Å². The fraction of sp³-hybridized carbons (Fsp3) is 0.421. The molecule has 0 aromatic carbocycles. The van der Waals surface area contributed by atoms with Crippen molar-refractivity contribution in [2.24, 2.45) is 7.05 Å². The number of hydrogen-bond acceptors (Lipinski definition) is 7. The van der Waals surface area contributed by atoms with Gasteiger partial charge in [-0.15, -0.1) is 5.10 Å². The summed E-state index contributed by atoms with van der Waals surface area (Å²) >= 11 is 0. The van der Waals surface area contributed by atoms with E-state index in [1.807, 2.05) is 4.90 Å². The standard InChI is InChI=1S/C17H19F3N8O.C2HF3O2/c1-26-10-12(14(24-26)17(18,19)20)23-15(29)13-4-3-11-9-22-16(25-28(11)13)27-7-2-5-21-6-8-27;3-2(4,5)1(6)7/h3-4,9-10,21H,2,5-8H2,1H3,(H,23,29);(H,6,7). The maximum absolute atomic E-state index is 13.1. The van der Waals surface area contributed by atoms with Crippen LogP contribution in [-0.2, 0) is 18.0 Å². The van der Waals surface area contributed by atoms with Crippen LogP contribution < -0.4 is 15.5 Å². The second kappa shape index (κ2) is 10.4. The van der Waals surface area contributed by atoms with Gasteiger partial charge in [0.25, 0.3) is 5.91 Å². The minimum atomic E-state index is -5.08. The van der Waals surface area contributed by atoms with Gasteiger partial charge in [-0.3, -0.25) is 9.48 Å².